The molecule has 1 aromatic heterocycles. The minimum atomic E-state index is 0.933. The molecule has 0 aliphatic carbocycles. The molecule has 3 heteroatoms. The van der Waals surface area contributed by atoms with Crippen LogP contribution in [-0.2, 0) is 6.42 Å². The van der Waals surface area contributed by atoms with Gasteiger partial charge in [0.25, 0.3) is 0 Å². The predicted molar refractivity (Wildman–Crippen MR) is 71.1 cm³/mol. The van der Waals surface area contributed by atoms with E-state index in [2.05, 4.69) is 39.8 Å². The molecule has 0 saturated heterocycles. The lowest BCUT2D eigenvalue weighted by atomic mass is 10.1. The van der Waals surface area contributed by atoms with Crippen LogP contribution in [0.4, 0.5) is 5.69 Å². The van der Waals surface area contributed by atoms with Crippen LogP contribution in [0, 0.1) is 0 Å². The van der Waals surface area contributed by atoms with Gasteiger partial charge in [0.05, 0.1) is 5.69 Å². The first kappa shape index (κ1) is 11.3. The van der Waals surface area contributed by atoms with Gasteiger partial charge in [0.1, 0.15) is 0 Å². The van der Waals surface area contributed by atoms with Crippen LogP contribution in [0.25, 0.3) is 0 Å². The quantitative estimate of drug-likeness (QED) is 0.627. The Hall–Kier alpha value is -2.16. The number of nitrogens with one attached hydrogen (secondary N) is 1. The number of rotatable bonds is 5. The summed E-state index contributed by atoms with van der Waals surface area (Å²) in [4.78, 5) is 3.94. The molecule has 2 rings (SSSR count). The van der Waals surface area contributed by atoms with Crippen LogP contribution >= 0.6 is 0 Å². The second-order valence-corrected chi connectivity index (χ2v) is 3.68. The van der Waals surface area contributed by atoms with Crippen LogP contribution in [0.2, 0.25) is 0 Å². The van der Waals surface area contributed by atoms with E-state index in [1.807, 2.05) is 24.4 Å². The number of anilines is 1. The zero-order chi connectivity index (χ0) is 11.8. The first-order chi connectivity index (χ1) is 8.45. The summed E-state index contributed by atoms with van der Waals surface area (Å²) in [5.74, 6) is 0. The number of pyridine rings is 1. The highest BCUT2D eigenvalue weighted by atomic mass is 15.3. The molecule has 3 nitrogen and oxygen atoms in total. The third-order valence-electron chi connectivity index (χ3n) is 2.37. The van der Waals surface area contributed by atoms with Gasteiger partial charge in [-0.15, -0.1) is 0 Å². The highest BCUT2D eigenvalue weighted by Crippen LogP contribution is 2.03. The maximum absolute atomic E-state index is 4.15. The van der Waals surface area contributed by atoms with Crippen LogP contribution in [0.5, 0.6) is 0 Å². The Morgan fingerprint density at radius 3 is 2.59 bits per heavy atom. The number of hydrogen-bond acceptors (Lipinski definition) is 3. The van der Waals surface area contributed by atoms with Crippen molar-refractivity contribution in [1.82, 2.24) is 4.98 Å². The second kappa shape index (κ2) is 6.43. The van der Waals surface area contributed by atoms with Crippen molar-refractivity contribution < 1.29 is 0 Å². The van der Waals surface area contributed by atoms with E-state index in [0.717, 1.165) is 18.5 Å². The molecule has 0 spiro atoms. The minimum absolute atomic E-state index is 0.933. The van der Waals surface area contributed by atoms with Crippen molar-refractivity contribution in [2.45, 2.75) is 12.8 Å². The summed E-state index contributed by atoms with van der Waals surface area (Å²) in [5, 5.41) is 4.15. The molecule has 0 amide bonds. The Labute approximate surface area is 101 Å². The molecule has 0 aliphatic heterocycles. The zero-order valence-electron chi connectivity index (χ0n) is 9.58. The molecule has 0 fully saturated rings. The summed E-state index contributed by atoms with van der Waals surface area (Å²) >= 11 is 0. The van der Waals surface area contributed by atoms with Crippen molar-refractivity contribution >= 4 is 11.9 Å². The van der Waals surface area contributed by atoms with Crippen molar-refractivity contribution in [3.05, 3.63) is 60.4 Å². The third-order valence-corrected chi connectivity index (χ3v) is 2.37. The van der Waals surface area contributed by atoms with E-state index in [4.69, 9.17) is 0 Å². The molecular weight excluding hydrogens is 210 g/mol. The third kappa shape index (κ3) is 4.07. The van der Waals surface area contributed by atoms with Gasteiger partial charge >= 0.3 is 0 Å². The summed E-state index contributed by atoms with van der Waals surface area (Å²) in [5.41, 5.74) is 5.25. The van der Waals surface area contributed by atoms with E-state index >= 15 is 0 Å². The first-order valence-corrected chi connectivity index (χ1v) is 5.66. The van der Waals surface area contributed by atoms with E-state index in [1.165, 1.54) is 5.56 Å². The SMILES string of the molecule is C(/CCc1ccccc1)=N/Nc1ccncc1. The van der Waals surface area contributed by atoms with Gasteiger partial charge in [0.2, 0.25) is 0 Å². The summed E-state index contributed by atoms with van der Waals surface area (Å²) in [6, 6.07) is 14.2. The van der Waals surface area contributed by atoms with Gasteiger partial charge < -0.3 is 0 Å². The van der Waals surface area contributed by atoms with Crippen LogP contribution in [-0.4, -0.2) is 11.2 Å². The summed E-state index contributed by atoms with van der Waals surface area (Å²) in [6.45, 7) is 0. The van der Waals surface area contributed by atoms with Crippen LogP contribution < -0.4 is 5.43 Å². The molecule has 1 aromatic carbocycles. The molecule has 0 radical (unpaired) electrons. The monoisotopic (exact) mass is 225 g/mol. The Balaban J connectivity index is 1.72. The van der Waals surface area contributed by atoms with Gasteiger partial charge in [0.15, 0.2) is 0 Å². The Morgan fingerprint density at radius 2 is 1.82 bits per heavy atom. The number of aryl methyl sites for hydroxylation is 1. The number of aromatic nitrogens is 1. The summed E-state index contributed by atoms with van der Waals surface area (Å²) in [7, 11) is 0. The van der Waals surface area contributed by atoms with Crippen LogP contribution in [0.15, 0.2) is 60.0 Å². The smallest absolute Gasteiger partial charge is 0.0592 e. The molecule has 17 heavy (non-hydrogen) atoms. The first-order valence-electron chi connectivity index (χ1n) is 5.66. The molecule has 1 heterocycles. The summed E-state index contributed by atoms with van der Waals surface area (Å²) in [6.07, 6.45) is 7.32. The molecule has 0 unspecified atom stereocenters. The van der Waals surface area contributed by atoms with Gasteiger partial charge in [-0.05, 0) is 30.5 Å². The normalized spacial score (nSPS) is 10.6. The van der Waals surface area contributed by atoms with E-state index in [0.29, 0.717) is 0 Å². The fraction of sp³-hybridized carbons (Fsp3) is 0.143. The molecule has 0 aliphatic rings. The molecule has 2 aromatic rings. The van der Waals surface area contributed by atoms with E-state index in [1.54, 1.807) is 12.4 Å². The number of nitrogens with zero attached hydrogens (tertiary/aromatic N) is 2. The average Bonchev–Trinajstić information content (AvgIpc) is 2.41. The number of benzene rings is 1. The zero-order valence-corrected chi connectivity index (χ0v) is 9.58. The maximum atomic E-state index is 4.15. The Morgan fingerprint density at radius 1 is 1.06 bits per heavy atom. The second-order valence-electron chi connectivity index (χ2n) is 3.68. The molecule has 86 valence electrons. The molecule has 0 bridgehead atoms. The lowest BCUT2D eigenvalue weighted by molar-refractivity contribution is 1.05. The lowest BCUT2D eigenvalue weighted by Gasteiger charge is -1.98. The Bertz CT molecular complexity index is 451. The highest BCUT2D eigenvalue weighted by molar-refractivity contribution is 5.59. The van der Waals surface area contributed by atoms with Crippen LogP contribution in [0.1, 0.15) is 12.0 Å². The van der Waals surface area contributed by atoms with Crippen molar-refractivity contribution in [3.8, 4) is 0 Å². The molecular formula is C14H15N3. The topological polar surface area (TPSA) is 37.3 Å². The van der Waals surface area contributed by atoms with Crippen LogP contribution in [0.3, 0.4) is 0 Å². The summed E-state index contributed by atoms with van der Waals surface area (Å²) < 4.78 is 0. The van der Waals surface area contributed by atoms with E-state index < -0.39 is 0 Å². The fourth-order valence-corrected chi connectivity index (χ4v) is 1.49. The van der Waals surface area contributed by atoms with Crippen molar-refractivity contribution in [2.75, 3.05) is 5.43 Å². The van der Waals surface area contributed by atoms with Crippen molar-refractivity contribution in [1.29, 1.82) is 0 Å². The van der Waals surface area contributed by atoms with E-state index in [-0.39, 0.29) is 0 Å². The highest BCUT2D eigenvalue weighted by Gasteiger charge is 1.89. The van der Waals surface area contributed by atoms with Gasteiger partial charge in [0, 0.05) is 18.6 Å². The minimum Gasteiger partial charge on any atom is -0.279 e. The Kier molecular flexibility index (Phi) is 4.28. The lowest BCUT2D eigenvalue weighted by Crippen LogP contribution is -1.91. The molecule has 1 N–H and O–H groups in total. The fourth-order valence-electron chi connectivity index (χ4n) is 1.49. The number of hydrazone groups is 1. The van der Waals surface area contributed by atoms with Gasteiger partial charge in [-0.3, -0.25) is 10.4 Å². The average molecular weight is 225 g/mol. The van der Waals surface area contributed by atoms with Gasteiger partial charge in [-0.25, -0.2) is 0 Å². The molecule has 0 atom stereocenters. The largest absolute Gasteiger partial charge is 0.279 e. The maximum Gasteiger partial charge on any atom is 0.0592 e. The number of hydrogen-bond donors (Lipinski definition) is 1. The predicted octanol–water partition coefficient (Wildman–Crippen LogP) is 3.11. The van der Waals surface area contributed by atoms with Crippen molar-refractivity contribution in [2.24, 2.45) is 5.10 Å². The standard InChI is InChI=1S/C14H15N3/c1-2-5-13(6-3-1)7-4-10-16-17-14-8-11-15-12-9-14/h1-3,5-6,8-12H,4,7H2,(H,15,17)/b16-10-. The van der Waals surface area contributed by atoms with E-state index in [9.17, 15) is 0 Å². The van der Waals surface area contributed by atoms with Gasteiger partial charge in [-0.2, -0.15) is 5.10 Å². The van der Waals surface area contributed by atoms with Crippen molar-refractivity contribution in [3.63, 3.8) is 0 Å². The van der Waals surface area contributed by atoms with Gasteiger partial charge in [-0.1, -0.05) is 30.3 Å². The molecule has 0 saturated carbocycles.